The quantitative estimate of drug-likeness (QED) is 0.106. The molecule has 0 saturated carbocycles. The molecule has 0 amide bonds. The number of carbonyl (C=O) groups excluding carboxylic acids is 1. The topological polar surface area (TPSA) is 78.1 Å². The standard InChI is InChI=1S/C40H36ClFN2O4S/c1-5-39(3,41)29-17-23-33(24-18-29)49(47,48)34-25-21-32(22-26-34)43-35-9-7-8-10-36(35)44(38(43)46)40(4,6-2)30-15-11-27(12-16-30)37(45)28-13-19-31(42)20-14-28/h7-26H,5-6H2,1-4H3. The van der Waals surface area contributed by atoms with Crippen molar-refractivity contribution in [3.8, 4) is 5.69 Å². The van der Waals surface area contributed by atoms with Crippen LogP contribution >= 0.6 is 11.6 Å². The maximum absolute atomic E-state index is 14.4. The number of alkyl halides is 1. The predicted octanol–water partition coefficient (Wildman–Crippen LogP) is 9.03. The second-order valence-corrected chi connectivity index (χ2v) is 15.3. The van der Waals surface area contributed by atoms with Gasteiger partial charge in [-0.15, -0.1) is 11.6 Å². The number of halogens is 2. The molecule has 2 atom stereocenters. The van der Waals surface area contributed by atoms with Crippen LogP contribution in [0.5, 0.6) is 0 Å². The van der Waals surface area contributed by atoms with E-state index in [1.165, 1.54) is 36.4 Å². The monoisotopic (exact) mass is 694 g/mol. The number of benzene rings is 5. The number of rotatable bonds is 10. The molecule has 0 N–H and O–H groups in total. The number of imidazole rings is 1. The third-order valence-electron chi connectivity index (χ3n) is 9.64. The Balaban J connectivity index is 1.37. The van der Waals surface area contributed by atoms with E-state index in [0.717, 1.165) is 11.1 Å². The largest absolute Gasteiger partial charge is 0.334 e. The number of carbonyl (C=O) groups is 1. The lowest BCUT2D eigenvalue weighted by molar-refractivity contribution is 0.103. The average molecular weight is 695 g/mol. The van der Waals surface area contributed by atoms with Crippen molar-refractivity contribution in [2.24, 2.45) is 0 Å². The van der Waals surface area contributed by atoms with Crippen molar-refractivity contribution in [2.45, 2.75) is 60.7 Å². The van der Waals surface area contributed by atoms with Crippen LogP contribution in [0.25, 0.3) is 16.7 Å². The molecule has 49 heavy (non-hydrogen) atoms. The van der Waals surface area contributed by atoms with Gasteiger partial charge in [-0.1, -0.05) is 62.4 Å². The lowest BCUT2D eigenvalue weighted by atomic mass is 9.87. The van der Waals surface area contributed by atoms with Crippen LogP contribution in [0.1, 0.15) is 67.6 Å². The molecule has 9 heteroatoms. The van der Waals surface area contributed by atoms with Gasteiger partial charge in [0.1, 0.15) is 5.82 Å². The molecule has 0 aliphatic heterocycles. The first-order valence-corrected chi connectivity index (χ1v) is 18.0. The van der Waals surface area contributed by atoms with Crippen LogP contribution in [0.4, 0.5) is 4.39 Å². The molecule has 0 bridgehead atoms. The Morgan fingerprint density at radius 2 is 1.18 bits per heavy atom. The highest BCUT2D eigenvalue weighted by Gasteiger charge is 2.32. The van der Waals surface area contributed by atoms with Gasteiger partial charge in [0.25, 0.3) is 0 Å². The Kier molecular flexibility index (Phi) is 8.98. The fourth-order valence-corrected chi connectivity index (χ4v) is 7.60. The van der Waals surface area contributed by atoms with E-state index in [1.54, 1.807) is 57.7 Å². The Morgan fingerprint density at radius 1 is 0.694 bits per heavy atom. The number of hydrogen-bond donors (Lipinski definition) is 0. The number of aromatic nitrogens is 2. The first kappa shape index (κ1) is 34.1. The van der Waals surface area contributed by atoms with Crippen molar-refractivity contribution in [2.75, 3.05) is 0 Å². The van der Waals surface area contributed by atoms with Gasteiger partial charge in [0.2, 0.25) is 9.84 Å². The van der Waals surface area contributed by atoms with Gasteiger partial charge in [-0.3, -0.25) is 13.9 Å². The highest BCUT2D eigenvalue weighted by atomic mass is 35.5. The van der Waals surface area contributed by atoms with Crippen molar-refractivity contribution in [3.63, 3.8) is 0 Å². The normalized spacial score (nSPS) is 14.3. The number of ketones is 1. The zero-order valence-electron chi connectivity index (χ0n) is 27.7. The highest BCUT2D eigenvalue weighted by Crippen LogP contribution is 2.35. The summed E-state index contributed by atoms with van der Waals surface area (Å²) in [5.41, 5.74) is 3.32. The minimum atomic E-state index is -3.82. The van der Waals surface area contributed by atoms with Crippen molar-refractivity contribution in [1.82, 2.24) is 9.13 Å². The predicted molar refractivity (Wildman–Crippen MR) is 192 cm³/mol. The van der Waals surface area contributed by atoms with Gasteiger partial charge in [0.05, 0.1) is 36.9 Å². The van der Waals surface area contributed by atoms with Crippen molar-refractivity contribution in [3.05, 3.63) is 160 Å². The van der Waals surface area contributed by atoms with Gasteiger partial charge >= 0.3 is 5.69 Å². The zero-order valence-corrected chi connectivity index (χ0v) is 29.2. The number of hydrogen-bond acceptors (Lipinski definition) is 4. The molecule has 1 heterocycles. The van der Waals surface area contributed by atoms with Crippen molar-refractivity contribution >= 4 is 38.3 Å². The molecule has 0 saturated heterocycles. The lowest BCUT2D eigenvalue weighted by Crippen LogP contribution is -2.39. The van der Waals surface area contributed by atoms with Gasteiger partial charge in [-0.05, 0) is 111 Å². The number of para-hydroxylation sites is 2. The molecule has 6 aromatic rings. The number of fused-ring (bicyclic) bond motifs is 1. The van der Waals surface area contributed by atoms with Crippen LogP contribution in [0.2, 0.25) is 0 Å². The minimum Gasteiger partial charge on any atom is -0.289 e. The van der Waals surface area contributed by atoms with E-state index in [2.05, 4.69) is 0 Å². The summed E-state index contributed by atoms with van der Waals surface area (Å²) < 4.78 is 43.8. The SMILES string of the molecule is CCC(C)(Cl)c1ccc(S(=O)(=O)c2ccc(-n3c(=O)n(C(C)(CC)c4ccc(C(=O)c5ccc(F)cc5)cc4)c4ccccc43)cc2)cc1. The van der Waals surface area contributed by atoms with E-state index in [1.807, 2.05) is 64.1 Å². The molecule has 6 nitrogen and oxygen atoms in total. The fourth-order valence-electron chi connectivity index (χ4n) is 6.21. The Morgan fingerprint density at radius 3 is 1.71 bits per heavy atom. The molecule has 250 valence electrons. The fraction of sp³-hybridized carbons (Fsp3) is 0.200. The third kappa shape index (κ3) is 6.04. The van der Waals surface area contributed by atoms with E-state index in [9.17, 15) is 22.4 Å². The second-order valence-electron chi connectivity index (χ2n) is 12.6. The minimum absolute atomic E-state index is 0.110. The van der Waals surface area contributed by atoms with E-state index >= 15 is 0 Å². The van der Waals surface area contributed by atoms with Crippen molar-refractivity contribution in [1.29, 1.82) is 0 Å². The molecule has 0 aliphatic rings. The average Bonchev–Trinajstić information content (AvgIpc) is 3.43. The summed E-state index contributed by atoms with van der Waals surface area (Å²) in [4.78, 5) is 27.1. The van der Waals surface area contributed by atoms with Gasteiger partial charge < -0.3 is 0 Å². The molecular formula is C40H36ClFN2O4S. The maximum Gasteiger partial charge on any atom is 0.334 e. The first-order chi connectivity index (χ1) is 23.3. The van der Waals surface area contributed by atoms with Gasteiger partial charge in [0.15, 0.2) is 5.78 Å². The van der Waals surface area contributed by atoms with Crippen LogP contribution in [0, 0.1) is 5.82 Å². The molecule has 5 aromatic carbocycles. The van der Waals surface area contributed by atoms with E-state index in [4.69, 9.17) is 11.6 Å². The third-order valence-corrected chi connectivity index (χ3v) is 11.9. The summed E-state index contributed by atoms with van der Waals surface area (Å²) in [6.45, 7) is 7.85. The Hall–Kier alpha value is -4.79. The maximum atomic E-state index is 14.4. The molecule has 0 spiro atoms. The summed E-state index contributed by atoms with van der Waals surface area (Å²) >= 11 is 6.58. The van der Waals surface area contributed by atoms with Crippen LogP contribution in [0.15, 0.2) is 136 Å². The molecular weight excluding hydrogens is 659 g/mol. The molecule has 1 aromatic heterocycles. The highest BCUT2D eigenvalue weighted by molar-refractivity contribution is 7.91. The summed E-state index contributed by atoms with van der Waals surface area (Å²) in [7, 11) is -3.82. The van der Waals surface area contributed by atoms with Gasteiger partial charge in [-0.25, -0.2) is 17.6 Å². The summed E-state index contributed by atoms with van der Waals surface area (Å²) in [5, 5.41) is 0. The van der Waals surface area contributed by atoms with Gasteiger partial charge in [0, 0.05) is 11.1 Å². The zero-order chi connectivity index (χ0) is 35.1. The van der Waals surface area contributed by atoms with Crippen molar-refractivity contribution < 1.29 is 17.6 Å². The van der Waals surface area contributed by atoms with Crippen LogP contribution in [0.3, 0.4) is 0 Å². The van der Waals surface area contributed by atoms with E-state index in [-0.39, 0.29) is 21.3 Å². The number of sulfone groups is 1. The van der Waals surface area contributed by atoms with Crippen LogP contribution in [-0.4, -0.2) is 23.3 Å². The number of nitrogens with zero attached hydrogens (tertiary/aromatic N) is 2. The van der Waals surface area contributed by atoms with Crippen LogP contribution < -0.4 is 5.69 Å². The summed E-state index contributed by atoms with van der Waals surface area (Å²) in [6.07, 6.45) is 1.25. The Bertz CT molecular complexity index is 2330. The molecule has 0 aliphatic carbocycles. The molecule has 0 radical (unpaired) electrons. The second kappa shape index (κ2) is 12.9. The molecule has 2 unspecified atom stereocenters. The Labute approximate surface area is 290 Å². The first-order valence-electron chi connectivity index (χ1n) is 16.1. The molecule has 0 fully saturated rings. The van der Waals surface area contributed by atoms with Gasteiger partial charge in [-0.2, -0.15) is 0 Å². The summed E-state index contributed by atoms with van der Waals surface area (Å²) in [5.74, 6) is -0.639. The van der Waals surface area contributed by atoms with E-state index < -0.39 is 26.1 Å². The summed E-state index contributed by atoms with van der Waals surface area (Å²) in [6, 6.07) is 33.0. The lowest BCUT2D eigenvalue weighted by Gasteiger charge is -2.31. The van der Waals surface area contributed by atoms with Crippen LogP contribution in [-0.2, 0) is 20.3 Å². The smallest absolute Gasteiger partial charge is 0.289 e. The van der Waals surface area contributed by atoms with E-state index in [0.29, 0.717) is 40.7 Å². The molecule has 6 rings (SSSR count).